The van der Waals surface area contributed by atoms with Crippen molar-refractivity contribution in [2.75, 3.05) is 5.32 Å². The van der Waals surface area contributed by atoms with Crippen LogP contribution in [0.1, 0.15) is 30.9 Å². The molecule has 0 aromatic heterocycles. The second-order valence-corrected chi connectivity index (χ2v) is 5.87. The molecular weight excluding hydrogens is 350 g/mol. The summed E-state index contributed by atoms with van der Waals surface area (Å²) in [6, 6.07) is 15.0. The maximum atomic E-state index is 12.3. The lowest BCUT2D eigenvalue weighted by molar-refractivity contribution is -0.112. The van der Waals surface area contributed by atoms with Gasteiger partial charge in [-0.05, 0) is 54.3 Å². The van der Waals surface area contributed by atoms with Gasteiger partial charge in [-0.15, -0.1) is 0 Å². The number of amides is 1. The number of anilines is 1. The van der Waals surface area contributed by atoms with Crippen LogP contribution in [0.5, 0.6) is 5.75 Å². The van der Waals surface area contributed by atoms with Crippen molar-refractivity contribution >= 4 is 17.7 Å². The van der Waals surface area contributed by atoms with E-state index in [1.807, 2.05) is 18.2 Å². The number of nitrogens with one attached hydrogen (secondary N) is 1. The molecule has 0 radical (unpaired) electrons. The summed E-state index contributed by atoms with van der Waals surface area (Å²) < 4.78 is 28.6. The van der Waals surface area contributed by atoms with Crippen molar-refractivity contribution in [1.29, 1.82) is 5.26 Å². The minimum absolute atomic E-state index is 0.00766. The third-order valence-electron chi connectivity index (χ3n) is 3.81. The van der Waals surface area contributed by atoms with Gasteiger partial charge in [-0.3, -0.25) is 4.79 Å². The molecule has 0 fully saturated rings. The van der Waals surface area contributed by atoms with Crippen LogP contribution >= 0.6 is 0 Å². The quantitative estimate of drug-likeness (QED) is 0.515. The number of halogens is 2. The number of carbonyl (C=O) groups is 1. The maximum absolute atomic E-state index is 12.3. The molecule has 0 heterocycles. The predicted octanol–water partition coefficient (Wildman–Crippen LogP) is 5.18. The first-order valence-corrected chi connectivity index (χ1v) is 8.58. The number of hydrogen-bond donors (Lipinski definition) is 1. The van der Waals surface area contributed by atoms with E-state index in [0.29, 0.717) is 11.3 Å². The normalized spacial score (nSPS) is 11.1. The Hall–Kier alpha value is -3.20. The van der Waals surface area contributed by atoms with E-state index < -0.39 is 12.5 Å². The van der Waals surface area contributed by atoms with Crippen LogP contribution in [-0.4, -0.2) is 12.5 Å². The smallest absolute Gasteiger partial charge is 0.387 e. The highest BCUT2D eigenvalue weighted by Gasteiger charge is 2.10. The van der Waals surface area contributed by atoms with Gasteiger partial charge in [0.05, 0.1) is 0 Å². The first-order chi connectivity index (χ1) is 13.0. The number of carbonyl (C=O) groups excluding carboxylic acids is 1. The van der Waals surface area contributed by atoms with Crippen molar-refractivity contribution in [3.63, 3.8) is 0 Å². The minimum atomic E-state index is -2.90. The van der Waals surface area contributed by atoms with Gasteiger partial charge >= 0.3 is 6.61 Å². The Kier molecular flexibility index (Phi) is 7.50. The molecule has 140 valence electrons. The Morgan fingerprint density at radius 1 is 1.19 bits per heavy atom. The van der Waals surface area contributed by atoms with Crippen molar-refractivity contribution in [2.45, 2.75) is 32.8 Å². The summed E-state index contributed by atoms with van der Waals surface area (Å²) in [7, 11) is 0. The summed E-state index contributed by atoms with van der Waals surface area (Å²) in [5.74, 6) is -0.528. The third-order valence-corrected chi connectivity index (χ3v) is 3.81. The van der Waals surface area contributed by atoms with Crippen molar-refractivity contribution in [3.05, 3.63) is 65.2 Å². The number of rotatable bonds is 8. The summed E-state index contributed by atoms with van der Waals surface area (Å²) in [6.45, 7) is -0.774. The minimum Gasteiger partial charge on any atom is -0.435 e. The molecule has 1 amide bonds. The van der Waals surface area contributed by atoms with Gasteiger partial charge in [-0.2, -0.15) is 14.0 Å². The monoisotopic (exact) mass is 370 g/mol. The summed E-state index contributed by atoms with van der Waals surface area (Å²) in [5, 5.41) is 11.9. The molecule has 0 aliphatic carbocycles. The molecule has 0 saturated heterocycles. The zero-order chi connectivity index (χ0) is 19.6. The van der Waals surface area contributed by atoms with Crippen LogP contribution in [-0.2, 0) is 11.2 Å². The van der Waals surface area contributed by atoms with Crippen LogP contribution in [0.25, 0.3) is 6.08 Å². The number of ether oxygens (including phenoxy) is 1. The topological polar surface area (TPSA) is 62.1 Å². The fourth-order valence-electron chi connectivity index (χ4n) is 2.39. The van der Waals surface area contributed by atoms with Crippen molar-refractivity contribution in [3.8, 4) is 11.8 Å². The van der Waals surface area contributed by atoms with Gasteiger partial charge in [0.25, 0.3) is 5.91 Å². The van der Waals surface area contributed by atoms with Gasteiger partial charge in [0.1, 0.15) is 17.4 Å². The van der Waals surface area contributed by atoms with Crippen molar-refractivity contribution in [1.82, 2.24) is 0 Å². The molecule has 0 atom stereocenters. The van der Waals surface area contributed by atoms with Crippen LogP contribution in [0.3, 0.4) is 0 Å². The average Bonchev–Trinajstić information content (AvgIpc) is 2.66. The molecular formula is C21H20F2N2O2. The zero-order valence-electron chi connectivity index (χ0n) is 14.9. The van der Waals surface area contributed by atoms with E-state index in [9.17, 15) is 18.8 Å². The number of nitriles is 1. The highest BCUT2D eigenvalue weighted by Crippen LogP contribution is 2.18. The molecule has 0 unspecified atom stereocenters. The van der Waals surface area contributed by atoms with Crippen molar-refractivity contribution < 1.29 is 18.3 Å². The molecule has 4 nitrogen and oxygen atoms in total. The number of alkyl halides is 2. The Morgan fingerprint density at radius 3 is 2.41 bits per heavy atom. The Morgan fingerprint density at radius 2 is 1.85 bits per heavy atom. The summed E-state index contributed by atoms with van der Waals surface area (Å²) in [6.07, 6.45) is 4.59. The summed E-state index contributed by atoms with van der Waals surface area (Å²) in [4.78, 5) is 12.3. The van der Waals surface area contributed by atoms with E-state index in [-0.39, 0.29) is 11.3 Å². The van der Waals surface area contributed by atoms with E-state index in [4.69, 9.17) is 0 Å². The summed E-state index contributed by atoms with van der Waals surface area (Å²) >= 11 is 0. The van der Waals surface area contributed by atoms with E-state index >= 15 is 0 Å². The number of nitrogens with zero attached hydrogens (tertiary/aromatic N) is 1. The number of unbranched alkanes of at least 4 members (excludes halogenated alkanes) is 1. The molecule has 6 heteroatoms. The molecule has 2 aromatic carbocycles. The Balaban J connectivity index is 2.04. The Bertz CT molecular complexity index is 823. The highest BCUT2D eigenvalue weighted by molar-refractivity contribution is 6.09. The fourth-order valence-corrected chi connectivity index (χ4v) is 2.39. The van der Waals surface area contributed by atoms with Gasteiger partial charge in [-0.25, -0.2) is 0 Å². The van der Waals surface area contributed by atoms with E-state index in [0.717, 1.165) is 19.3 Å². The molecule has 2 rings (SSSR count). The van der Waals surface area contributed by atoms with Crippen LogP contribution < -0.4 is 10.1 Å². The van der Waals surface area contributed by atoms with Crippen LogP contribution in [0.4, 0.5) is 14.5 Å². The molecule has 0 saturated carbocycles. The van der Waals surface area contributed by atoms with Crippen LogP contribution in [0.2, 0.25) is 0 Å². The Labute approximate surface area is 157 Å². The molecule has 0 aliphatic heterocycles. The predicted molar refractivity (Wildman–Crippen MR) is 100 cm³/mol. The summed E-state index contributed by atoms with van der Waals surface area (Å²) in [5.41, 5.74) is 2.23. The van der Waals surface area contributed by atoms with Gasteiger partial charge < -0.3 is 10.1 Å². The molecule has 0 bridgehead atoms. The van der Waals surface area contributed by atoms with Crippen molar-refractivity contribution in [2.24, 2.45) is 0 Å². The van der Waals surface area contributed by atoms with Gasteiger partial charge in [0.15, 0.2) is 0 Å². The number of aryl methyl sites for hydroxylation is 1. The SMILES string of the molecule is CCCCc1ccc(NC(=O)C(C#N)=Cc2ccc(OC(F)F)cc2)cc1. The lowest BCUT2D eigenvalue weighted by Crippen LogP contribution is -2.13. The first-order valence-electron chi connectivity index (χ1n) is 8.58. The van der Waals surface area contributed by atoms with Gasteiger partial charge in [0, 0.05) is 5.69 Å². The lowest BCUT2D eigenvalue weighted by atomic mass is 10.1. The highest BCUT2D eigenvalue weighted by atomic mass is 19.3. The largest absolute Gasteiger partial charge is 0.435 e. The fraction of sp³-hybridized carbons (Fsp3) is 0.238. The third kappa shape index (κ3) is 6.55. The van der Waals surface area contributed by atoms with Crippen LogP contribution in [0.15, 0.2) is 54.1 Å². The molecule has 0 aliphatic rings. The van der Waals surface area contributed by atoms with Crippen LogP contribution in [0, 0.1) is 11.3 Å². The molecule has 27 heavy (non-hydrogen) atoms. The van der Waals surface area contributed by atoms with E-state index in [1.54, 1.807) is 12.1 Å². The standard InChI is InChI=1S/C21H20F2N2O2/c1-2-3-4-15-5-9-18(10-6-15)25-20(26)17(14-24)13-16-7-11-19(12-8-16)27-21(22)23/h5-13,21H,2-4H2,1H3,(H,25,26). The number of hydrogen-bond acceptors (Lipinski definition) is 3. The van der Waals surface area contributed by atoms with E-state index in [2.05, 4.69) is 17.0 Å². The second kappa shape index (κ2) is 10.1. The lowest BCUT2D eigenvalue weighted by Gasteiger charge is -2.06. The zero-order valence-corrected chi connectivity index (χ0v) is 14.9. The number of benzene rings is 2. The maximum Gasteiger partial charge on any atom is 0.387 e. The average molecular weight is 370 g/mol. The molecule has 0 spiro atoms. The van der Waals surface area contributed by atoms with Gasteiger partial charge in [-0.1, -0.05) is 37.6 Å². The molecule has 2 aromatic rings. The molecule has 1 N–H and O–H groups in total. The second-order valence-electron chi connectivity index (χ2n) is 5.87. The van der Waals surface area contributed by atoms with E-state index in [1.165, 1.54) is 35.9 Å². The first kappa shape index (κ1) is 20.1. The van der Waals surface area contributed by atoms with Gasteiger partial charge in [0.2, 0.25) is 0 Å².